The standard InChI is InChI=1S/C17H18ClN5O3.ClH/c18-10-2-4-11(5-3-10)23-14(24)12(20-16(23)25)6-7-13-21-15(22-26-13)17(19)8-1-9-17;/h2-5,12H,1,6-9,19H2,(H,20,25);1H. The fourth-order valence-corrected chi connectivity index (χ4v) is 3.30. The van der Waals surface area contributed by atoms with Crippen molar-refractivity contribution in [3.63, 3.8) is 0 Å². The zero-order valence-electron chi connectivity index (χ0n) is 14.4. The number of nitrogens with one attached hydrogen (secondary N) is 1. The lowest BCUT2D eigenvalue weighted by Gasteiger charge is -2.34. The number of hydrogen-bond donors (Lipinski definition) is 2. The minimum Gasteiger partial charge on any atom is -0.339 e. The molecule has 4 rings (SSSR count). The summed E-state index contributed by atoms with van der Waals surface area (Å²) < 4.78 is 5.24. The average molecular weight is 412 g/mol. The minimum absolute atomic E-state index is 0. The number of anilines is 1. The minimum atomic E-state index is -0.635. The number of aryl methyl sites for hydroxylation is 1. The van der Waals surface area contributed by atoms with Gasteiger partial charge in [-0.15, -0.1) is 12.4 Å². The van der Waals surface area contributed by atoms with Crippen molar-refractivity contribution in [2.24, 2.45) is 5.73 Å². The van der Waals surface area contributed by atoms with Crippen molar-refractivity contribution in [3.05, 3.63) is 41.0 Å². The summed E-state index contributed by atoms with van der Waals surface area (Å²) >= 11 is 5.85. The van der Waals surface area contributed by atoms with Crippen molar-refractivity contribution < 1.29 is 14.1 Å². The number of amides is 3. The molecule has 144 valence electrons. The van der Waals surface area contributed by atoms with Crippen LogP contribution in [-0.4, -0.2) is 28.1 Å². The fraction of sp³-hybridized carbons (Fsp3) is 0.412. The normalized spacial score (nSPS) is 20.8. The molecule has 1 saturated carbocycles. The van der Waals surface area contributed by atoms with E-state index in [4.69, 9.17) is 21.9 Å². The maximum absolute atomic E-state index is 12.6. The molecule has 3 N–H and O–H groups in total. The van der Waals surface area contributed by atoms with Gasteiger partial charge in [0.15, 0.2) is 5.82 Å². The predicted octanol–water partition coefficient (Wildman–Crippen LogP) is 2.54. The summed E-state index contributed by atoms with van der Waals surface area (Å²) in [6, 6.07) is 5.44. The smallest absolute Gasteiger partial charge is 0.329 e. The largest absolute Gasteiger partial charge is 0.339 e. The second-order valence-electron chi connectivity index (χ2n) is 6.71. The number of imide groups is 1. The Labute approximate surface area is 166 Å². The van der Waals surface area contributed by atoms with E-state index >= 15 is 0 Å². The van der Waals surface area contributed by atoms with E-state index in [0.717, 1.165) is 24.2 Å². The molecule has 2 aromatic rings. The van der Waals surface area contributed by atoms with Gasteiger partial charge in [-0.25, -0.2) is 9.69 Å². The molecule has 1 atom stereocenters. The molecule has 2 aliphatic rings. The number of rotatable bonds is 5. The third kappa shape index (κ3) is 3.65. The molecule has 0 spiro atoms. The Kier molecular flexibility index (Phi) is 5.41. The van der Waals surface area contributed by atoms with E-state index in [1.54, 1.807) is 24.3 Å². The Hall–Kier alpha value is -2.16. The first-order valence-electron chi connectivity index (χ1n) is 8.48. The van der Waals surface area contributed by atoms with Crippen LogP contribution in [0.25, 0.3) is 0 Å². The number of benzene rings is 1. The quantitative estimate of drug-likeness (QED) is 0.730. The summed E-state index contributed by atoms with van der Waals surface area (Å²) in [6.07, 6.45) is 3.50. The van der Waals surface area contributed by atoms with Crippen molar-refractivity contribution in [1.29, 1.82) is 0 Å². The van der Waals surface area contributed by atoms with E-state index in [-0.39, 0.29) is 18.3 Å². The summed E-state index contributed by atoms with van der Waals surface area (Å²) in [5.74, 6) is 0.624. The molecule has 8 nitrogen and oxygen atoms in total. The molecule has 1 saturated heterocycles. The van der Waals surface area contributed by atoms with Crippen LogP contribution >= 0.6 is 24.0 Å². The molecule has 1 aromatic carbocycles. The molecule has 1 aromatic heterocycles. The van der Waals surface area contributed by atoms with E-state index < -0.39 is 17.6 Å². The highest BCUT2D eigenvalue weighted by molar-refractivity contribution is 6.30. The van der Waals surface area contributed by atoms with Crippen LogP contribution in [0.4, 0.5) is 10.5 Å². The predicted molar refractivity (Wildman–Crippen MR) is 101 cm³/mol. The lowest BCUT2D eigenvalue weighted by molar-refractivity contribution is -0.118. The third-order valence-corrected chi connectivity index (χ3v) is 5.16. The first-order chi connectivity index (χ1) is 12.5. The second kappa shape index (κ2) is 7.46. The number of carbonyl (C=O) groups excluding carboxylic acids is 2. The van der Waals surface area contributed by atoms with Gasteiger partial charge in [0, 0.05) is 11.4 Å². The van der Waals surface area contributed by atoms with Crippen LogP contribution in [-0.2, 0) is 16.8 Å². The van der Waals surface area contributed by atoms with Gasteiger partial charge in [0.25, 0.3) is 5.91 Å². The van der Waals surface area contributed by atoms with Gasteiger partial charge in [-0.1, -0.05) is 16.8 Å². The van der Waals surface area contributed by atoms with Gasteiger partial charge in [0.1, 0.15) is 6.04 Å². The van der Waals surface area contributed by atoms with Crippen LogP contribution in [0.2, 0.25) is 5.02 Å². The molecule has 1 aliphatic heterocycles. The van der Waals surface area contributed by atoms with Crippen molar-refractivity contribution in [1.82, 2.24) is 15.5 Å². The fourth-order valence-electron chi connectivity index (χ4n) is 3.17. The topological polar surface area (TPSA) is 114 Å². The van der Waals surface area contributed by atoms with Crippen LogP contribution in [0.1, 0.15) is 37.4 Å². The Bertz CT molecular complexity index is 851. The monoisotopic (exact) mass is 411 g/mol. The second-order valence-corrected chi connectivity index (χ2v) is 7.15. The highest BCUT2D eigenvalue weighted by Gasteiger charge is 2.40. The molecule has 1 unspecified atom stereocenters. The Morgan fingerprint density at radius 1 is 1.30 bits per heavy atom. The first-order valence-corrected chi connectivity index (χ1v) is 8.86. The molecule has 10 heteroatoms. The molecule has 0 radical (unpaired) electrons. The molecular weight excluding hydrogens is 393 g/mol. The van der Waals surface area contributed by atoms with Crippen LogP contribution in [0, 0.1) is 0 Å². The van der Waals surface area contributed by atoms with Gasteiger partial charge < -0.3 is 15.6 Å². The molecule has 2 fully saturated rings. The lowest BCUT2D eigenvalue weighted by atomic mass is 9.77. The van der Waals surface area contributed by atoms with Crippen LogP contribution in [0.3, 0.4) is 0 Å². The van der Waals surface area contributed by atoms with Crippen molar-refractivity contribution in [2.75, 3.05) is 4.90 Å². The van der Waals surface area contributed by atoms with Crippen LogP contribution in [0.5, 0.6) is 0 Å². The van der Waals surface area contributed by atoms with E-state index in [9.17, 15) is 9.59 Å². The van der Waals surface area contributed by atoms with Gasteiger partial charge in [-0.2, -0.15) is 4.98 Å². The van der Waals surface area contributed by atoms with Gasteiger partial charge >= 0.3 is 6.03 Å². The Morgan fingerprint density at radius 3 is 2.63 bits per heavy atom. The third-order valence-electron chi connectivity index (χ3n) is 4.91. The van der Waals surface area contributed by atoms with Gasteiger partial charge in [0.2, 0.25) is 5.89 Å². The number of carbonyl (C=O) groups is 2. The number of hydrogen-bond acceptors (Lipinski definition) is 6. The van der Waals surface area contributed by atoms with E-state index in [1.807, 2.05) is 0 Å². The summed E-state index contributed by atoms with van der Waals surface area (Å²) in [5.41, 5.74) is 6.18. The molecule has 1 aliphatic carbocycles. The first kappa shape index (κ1) is 19.6. The van der Waals surface area contributed by atoms with E-state index in [2.05, 4.69) is 15.5 Å². The Morgan fingerprint density at radius 2 is 2.00 bits per heavy atom. The summed E-state index contributed by atoms with van der Waals surface area (Å²) in [4.78, 5) is 30.2. The summed E-state index contributed by atoms with van der Waals surface area (Å²) in [5, 5.41) is 7.18. The van der Waals surface area contributed by atoms with Crippen molar-refractivity contribution in [2.45, 2.75) is 43.7 Å². The average Bonchev–Trinajstić information content (AvgIpc) is 3.17. The number of nitrogens with two attached hydrogens (primary N) is 1. The van der Waals surface area contributed by atoms with Crippen LogP contribution in [0.15, 0.2) is 28.8 Å². The highest BCUT2D eigenvalue weighted by atomic mass is 35.5. The molecule has 3 amide bonds. The molecule has 2 heterocycles. The van der Waals surface area contributed by atoms with E-state index in [0.29, 0.717) is 35.3 Å². The molecule has 0 bridgehead atoms. The van der Waals surface area contributed by atoms with Gasteiger partial charge in [-0.3, -0.25) is 4.79 Å². The van der Waals surface area contributed by atoms with E-state index in [1.165, 1.54) is 0 Å². The molecular formula is C17H19Cl2N5O3. The summed E-state index contributed by atoms with van der Waals surface area (Å²) in [6.45, 7) is 0. The Balaban J connectivity index is 0.00000210. The zero-order chi connectivity index (χ0) is 18.3. The molecule has 27 heavy (non-hydrogen) atoms. The highest BCUT2D eigenvalue weighted by Crippen LogP contribution is 2.37. The van der Waals surface area contributed by atoms with Gasteiger partial charge in [-0.05, 0) is 49.9 Å². The maximum atomic E-state index is 12.6. The number of nitrogens with zero attached hydrogens (tertiary/aromatic N) is 3. The van der Waals surface area contributed by atoms with Crippen molar-refractivity contribution >= 4 is 41.6 Å². The lowest BCUT2D eigenvalue weighted by Crippen LogP contribution is -2.44. The number of urea groups is 1. The number of halogens is 2. The SMILES string of the molecule is Cl.NC1(c2noc(CCC3NC(=O)N(c4ccc(Cl)cc4)C3=O)n2)CCC1. The van der Waals surface area contributed by atoms with Crippen molar-refractivity contribution in [3.8, 4) is 0 Å². The van der Waals surface area contributed by atoms with Crippen LogP contribution < -0.4 is 16.0 Å². The maximum Gasteiger partial charge on any atom is 0.329 e. The zero-order valence-corrected chi connectivity index (χ0v) is 15.9. The van der Waals surface area contributed by atoms with Gasteiger partial charge in [0.05, 0.1) is 11.2 Å². The summed E-state index contributed by atoms with van der Waals surface area (Å²) in [7, 11) is 0. The number of aromatic nitrogens is 2.